The van der Waals surface area contributed by atoms with Crippen LogP contribution >= 0.6 is 11.8 Å². The molecule has 0 bridgehead atoms. The molecule has 1 heterocycles. The third-order valence-corrected chi connectivity index (χ3v) is 4.77. The molecule has 0 aromatic heterocycles. The second kappa shape index (κ2) is 6.12. The number of hydrogen-bond acceptors (Lipinski definition) is 3. The Bertz CT molecular complexity index is 275. The highest BCUT2D eigenvalue weighted by Crippen LogP contribution is 2.26. The molecule has 1 fully saturated rings. The first kappa shape index (κ1) is 13.3. The van der Waals surface area contributed by atoms with Crippen molar-refractivity contribution in [1.82, 2.24) is 5.32 Å². The number of nitrogens with zero attached hydrogens (tertiary/aromatic N) is 1. The molecule has 1 saturated carbocycles. The van der Waals surface area contributed by atoms with Gasteiger partial charge in [0.25, 0.3) is 0 Å². The van der Waals surface area contributed by atoms with Gasteiger partial charge in [-0.25, -0.2) is 0 Å². The first-order valence-corrected chi connectivity index (χ1v) is 8.09. The van der Waals surface area contributed by atoms with Gasteiger partial charge in [0.05, 0.1) is 6.04 Å². The molecule has 2 rings (SSSR count). The van der Waals surface area contributed by atoms with E-state index in [-0.39, 0.29) is 0 Å². The predicted octanol–water partition coefficient (Wildman–Crippen LogP) is 3.67. The smallest absolute Gasteiger partial charge is 0.157 e. The van der Waals surface area contributed by atoms with Gasteiger partial charge in [-0.1, -0.05) is 45.4 Å². The highest BCUT2D eigenvalue weighted by molar-refractivity contribution is 8.14. The Morgan fingerprint density at radius 2 is 2.24 bits per heavy atom. The van der Waals surface area contributed by atoms with E-state index in [4.69, 9.17) is 4.99 Å². The molecule has 1 N–H and O–H groups in total. The Balaban J connectivity index is 1.79. The van der Waals surface area contributed by atoms with Gasteiger partial charge < -0.3 is 5.32 Å². The summed E-state index contributed by atoms with van der Waals surface area (Å²) in [6.45, 7) is 6.95. The molecule has 0 amide bonds. The molecule has 0 aromatic rings. The van der Waals surface area contributed by atoms with E-state index in [1.54, 1.807) is 0 Å². The van der Waals surface area contributed by atoms with Crippen LogP contribution in [-0.2, 0) is 0 Å². The minimum atomic E-state index is 0.559. The van der Waals surface area contributed by atoms with Crippen LogP contribution in [0.4, 0.5) is 0 Å². The SMILES string of the molecule is CC(C)CC1CSC(NC2CCCC(C)C2)=N1. The van der Waals surface area contributed by atoms with Crippen molar-refractivity contribution in [2.24, 2.45) is 16.8 Å². The van der Waals surface area contributed by atoms with Crippen molar-refractivity contribution in [2.45, 2.75) is 65.0 Å². The third-order valence-electron chi connectivity index (χ3n) is 3.72. The second-order valence-electron chi connectivity index (χ2n) is 6.14. The van der Waals surface area contributed by atoms with E-state index in [2.05, 4.69) is 26.1 Å². The molecule has 0 radical (unpaired) electrons. The molecule has 0 aromatic carbocycles. The Morgan fingerprint density at radius 1 is 1.41 bits per heavy atom. The molecule has 3 heteroatoms. The van der Waals surface area contributed by atoms with Gasteiger partial charge in [0.2, 0.25) is 0 Å². The number of thioether (sulfide) groups is 1. The van der Waals surface area contributed by atoms with E-state index in [9.17, 15) is 0 Å². The topological polar surface area (TPSA) is 24.4 Å². The fourth-order valence-corrected chi connectivity index (χ4v) is 3.93. The van der Waals surface area contributed by atoms with Crippen LogP contribution in [-0.4, -0.2) is 23.0 Å². The van der Waals surface area contributed by atoms with Gasteiger partial charge in [-0.15, -0.1) is 0 Å². The largest absolute Gasteiger partial charge is 0.362 e. The minimum Gasteiger partial charge on any atom is -0.362 e. The van der Waals surface area contributed by atoms with Crippen molar-refractivity contribution >= 4 is 16.9 Å². The van der Waals surface area contributed by atoms with Gasteiger partial charge in [-0.3, -0.25) is 4.99 Å². The van der Waals surface area contributed by atoms with E-state index in [1.165, 1.54) is 43.0 Å². The molecule has 2 nitrogen and oxygen atoms in total. The average Bonchev–Trinajstić information content (AvgIpc) is 2.64. The number of amidine groups is 1. The Hall–Kier alpha value is -0.180. The molecule has 98 valence electrons. The lowest BCUT2D eigenvalue weighted by atomic mass is 9.87. The first-order chi connectivity index (χ1) is 8.13. The summed E-state index contributed by atoms with van der Waals surface area (Å²) >= 11 is 1.93. The van der Waals surface area contributed by atoms with Gasteiger partial charge in [0.15, 0.2) is 5.17 Å². The fourth-order valence-electron chi connectivity index (χ4n) is 2.90. The van der Waals surface area contributed by atoms with Crippen LogP contribution in [0.2, 0.25) is 0 Å². The number of rotatable bonds is 3. The van der Waals surface area contributed by atoms with Crippen molar-refractivity contribution < 1.29 is 0 Å². The summed E-state index contributed by atoms with van der Waals surface area (Å²) < 4.78 is 0. The van der Waals surface area contributed by atoms with Crippen LogP contribution < -0.4 is 5.32 Å². The lowest BCUT2D eigenvalue weighted by Gasteiger charge is -2.27. The molecule has 2 aliphatic rings. The summed E-state index contributed by atoms with van der Waals surface area (Å²) in [4.78, 5) is 4.82. The molecule has 0 saturated heterocycles. The Morgan fingerprint density at radius 3 is 2.94 bits per heavy atom. The maximum atomic E-state index is 4.82. The summed E-state index contributed by atoms with van der Waals surface area (Å²) in [5, 5.41) is 4.88. The van der Waals surface area contributed by atoms with Gasteiger partial charge in [0.1, 0.15) is 0 Å². The summed E-state index contributed by atoms with van der Waals surface area (Å²) in [6, 6.07) is 1.24. The summed E-state index contributed by atoms with van der Waals surface area (Å²) in [7, 11) is 0. The first-order valence-electron chi connectivity index (χ1n) is 7.10. The Labute approximate surface area is 110 Å². The Kier molecular flexibility index (Phi) is 4.78. The summed E-state index contributed by atoms with van der Waals surface area (Å²) in [5.74, 6) is 2.83. The predicted molar refractivity (Wildman–Crippen MR) is 77.7 cm³/mol. The van der Waals surface area contributed by atoms with Gasteiger partial charge in [-0.2, -0.15) is 0 Å². The van der Waals surface area contributed by atoms with Gasteiger partial charge >= 0.3 is 0 Å². The van der Waals surface area contributed by atoms with E-state index < -0.39 is 0 Å². The van der Waals surface area contributed by atoms with Gasteiger partial charge in [0, 0.05) is 11.8 Å². The van der Waals surface area contributed by atoms with Crippen LogP contribution in [0.3, 0.4) is 0 Å². The van der Waals surface area contributed by atoms with Crippen LogP contribution in [0, 0.1) is 11.8 Å². The van der Waals surface area contributed by atoms with Crippen molar-refractivity contribution in [3.05, 3.63) is 0 Å². The molecule has 3 atom stereocenters. The lowest BCUT2D eigenvalue weighted by Crippen LogP contribution is -2.36. The quantitative estimate of drug-likeness (QED) is 0.831. The van der Waals surface area contributed by atoms with Crippen LogP contribution in [0.25, 0.3) is 0 Å². The van der Waals surface area contributed by atoms with Crippen LogP contribution in [0.5, 0.6) is 0 Å². The molecule has 1 aliphatic heterocycles. The van der Waals surface area contributed by atoms with Crippen LogP contribution in [0.1, 0.15) is 52.9 Å². The number of hydrogen-bond donors (Lipinski definition) is 1. The van der Waals surface area contributed by atoms with Crippen molar-refractivity contribution in [2.75, 3.05) is 5.75 Å². The third kappa shape index (κ3) is 4.20. The normalized spacial score (nSPS) is 33.9. The minimum absolute atomic E-state index is 0.559. The molecule has 0 spiro atoms. The van der Waals surface area contributed by atoms with E-state index >= 15 is 0 Å². The summed E-state index contributed by atoms with van der Waals surface area (Å²) in [6.07, 6.45) is 6.69. The summed E-state index contributed by atoms with van der Waals surface area (Å²) in [5.41, 5.74) is 0. The van der Waals surface area contributed by atoms with Gasteiger partial charge in [-0.05, 0) is 31.1 Å². The highest BCUT2D eigenvalue weighted by Gasteiger charge is 2.24. The second-order valence-corrected chi connectivity index (χ2v) is 7.15. The maximum absolute atomic E-state index is 4.82. The molecular weight excluding hydrogens is 228 g/mol. The monoisotopic (exact) mass is 254 g/mol. The van der Waals surface area contributed by atoms with E-state index in [1.807, 2.05) is 11.8 Å². The molecular formula is C14H26N2S. The zero-order chi connectivity index (χ0) is 12.3. The highest BCUT2D eigenvalue weighted by atomic mass is 32.2. The number of aliphatic imine (C=N–C) groups is 1. The number of nitrogens with one attached hydrogen (secondary N) is 1. The zero-order valence-electron chi connectivity index (χ0n) is 11.4. The van der Waals surface area contributed by atoms with Crippen molar-refractivity contribution in [3.63, 3.8) is 0 Å². The lowest BCUT2D eigenvalue weighted by molar-refractivity contribution is 0.327. The molecule has 17 heavy (non-hydrogen) atoms. The van der Waals surface area contributed by atoms with Crippen LogP contribution in [0.15, 0.2) is 4.99 Å². The van der Waals surface area contributed by atoms with Crippen molar-refractivity contribution in [3.8, 4) is 0 Å². The van der Waals surface area contributed by atoms with Crippen molar-refractivity contribution in [1.29, 1.82) is 0 Å². The average molecular weight is 254 g/mol. The molecule has 1 aliphatic carbocycles. The zero-order valence-corrected chi connectivity index (χ0v) is 12.2. The fraction of sp³-hybridized carbons (Fsp3) is 0.929. The van der Waals surface area contributed by atoms with E-state index in [0.29, 0.717) is 12.1 Å². The standard InChI is InChI=1S/C14H26N2S/c1-10(2)7-13-9-17-14(16-13)15-12-6-4-5-11(3)8-12/h10-13H,4-9H2,1-3H3,(H,15,16). The van der Waals surface area contributed by atoms with E-state index in [0.717, 1.165) is 11.8 Å². The molecule has 3 unspecified atom stereocenters. The maximum Gasteiger partial charge on any atom is 0.157 e.